The molecule has 4 atom stereocenters. The van der Waals surface area contributed by atoms with Crippen molar-refractivity contribution in [2.24, 2.45) is 5.41 Å². The molecule has 9 rings (SSSR count). The predicted octanol–water partition coefficient (Wildman–Crippen LogP) is 5.17. The predicted molar refractivity (Wildman–Crippen MR) is 258 cm³/mol. The van der Waals surface area contributed by atoms with Crippen LogP contribution in [0.3, 0.4) is 0 Å². The van der Waals surface area contributed by atoms with E-state index in [0.29, 0.717) is 48.0 Å². The van der Waals surface area contributed by atoms with E-state index < -0.39 is 41.2 Å². The van der Waals surface area contributed by atoms with Crippen LogP contribution in [0.1, 0.15) is 101 Å². The van der Waals surface area contributed by atoms with Gasteiger partial charge in [-0.1, -0.05) is 44.9 Å². The Morgan fingerprint density at radius 2 is 1.57 bits per heavy atom. The largest absolute Gasteiger partial charge is 0.507 e. The number of hydrogen-bond acceptors (Lipinski definition) is 10. The lowest BCUT2D eigenvalue weighted by Crippen LogP contribution is -2.60. The van der Waals surface area contributed by atoms with Gasteiger partial charge in [-0.2, -0.15) is 0 Å². The van der Waals surface area contributed by atoms with E-state index in [1.807, 2.05) is 39.0 Å². The highest BCUT2D eigenvalue weighted by Crippen LogP contribution is 2.40. The number of hydrogen-bond donors (Lipinski definition) is 5. The number of amides is 4. The molecule has 0 unspecified atom stereocenters. The second-order valence-corrected chi connectivity index (χ2v) is 20.8. The van der Waals surface area contributed by atoms with Gasteiger partial charge in [-0.3, -0.25) is 14.5 Å². The number of aliphatic hydroxyl groups excluding tert-OH is 1. The summed E-state index contributed by atoms with van der Waals surface area (Å²) in [7, 11) is 0. The number of phenolic OH excluding ortho intramolecular Hbond substituents is 1. The molecule has 68 heavy (non-hydrogen) atoms. The minimum Gasteiger partial charge on any atom is -0.507 e. The van der Waals surface area contributed by atoms with Gasteiger partial charge in [0.1, 0.15) is 23.7 Å². The Morgan fingerprint density at radius 3 is 2.22 bits per heavy atom. The first-order valence-corrected chi connectivity index (χ1v) is 24.6. The molecule has 2 aromatic carbocycles. The Morgan fingerprint density at radius 1 is 0.912 bits per heavy atom. The first-order chi connectivity index (χ1) is 32.7. The second-order valence-electron chi connectivity index (χ2n) is 20.8. The van der Waals surface area contributed by atoms with Crippen LogP contribution in [0.4, 0.5) is 9.18 Å². The number of β-amino-alcohol motifs (C(OH)–C–C–N with tert-alkyl or cyclic N) is 1. The van der Waals surface area contributed by atoms with Gasteiger partial charge in [0.05, 0.1) is 11.8 Å². The number of phenols is 1. The maximum Gasteiger partial charge on any atom is 0.318 e. The van der Waals surface area contributed by atoms with Crippen LogP contribution in [0, 0.1) is 23.6 Å². The second kappa shape index (κ2) is 19.8. The van der Waals surface area contributed by atoms with Gasteiger partial charge < -0.3 is 45.4 Å². The zero-order valence-electron chi connectivity index (χ0n) is 39.9. The zero-order valence-corrected chi connectivity index (χ0v) is 39.9. The third kappa shape index (κ3) is 9.81. The minimum atomic E-state index is -0.970. The van der Waals surface area contributed by atoms with Crippen LogP contribution in [0.15, 0.2) is 48.5 Å². The molecule has 0 radical (unpaired) electrons. The van der Waals surface area contributed by atoms with E-state index in [1.54, 1.807) is 17.0 Å². The third-order valence-corrected chi connectivity index (χ3v) is 15.6. The average molecular weight is 931 g/mol. The van der Waals surface area contributed by atoms with Crippen molar-refractivity contribution in [3.63, 3.8) is 0 Å². The van der Waals surface area contributed by atoms with E-state index in [1.165, 1.54) is 28.3 Å². The number of benzene rings is 2. The Kier molecular flexibility index (Phi) is 13.8. The highest BCUT2D eigenvalue weighted by atomic mass is 19.1. The summed E-state index contributed by atoms with van der Waals surface area (Å²) >= 11 is 0. The Bertz CT molecular complexity index is 2530. The molecule has 15 nitrogen and oxygen atoms in total. The number of urea groups is 1. The van der Waals surface area contributed by atoms with Crippen molar-refractivity contribution in [3.8, 4) is 29.4 Å². The fraction of sp³-hybridized carbons (Fsp3) is 0.558. The lowest BCUT2D eigenvalue weighted by atomic mass is 9.85. The van der Waals surface area contributed by atoms with Crippen LogP contribution < -0.4 is 10.6 Å². The fourth-order valence-electron chi connectivity index (χ4n) is 11.7. The van der Waals surface area contributed by atoms with E-state index in [-0.39, 0.29) is 42.9 Å². The Hall–Kier alpha value is -5.60. The molecule has 5 N–H and O–H groups in total. The van der Waals surface area contributed by atoms with Gasteiger partial charge in [0, 0.05) is 97.5 Å². The molecule has 0 aliphatic carbocycles. The summed E-state index contributed by atoms with van der Waals surface area (Å²) in [5.74, 6) is 1.11. The number of rotatable bonds is 9. The number of H-pyrrole nitrogens is 1. The molecule has 0 spiro atoms. The highest BCUT2D eigenvalue weighted by molar-refractivity contribution is 5.93. The van der Waals surface area contributed by atoms with Gasteiger partial charge in [-0.15, -0.1) is 16.6 Å². The number of nitrogens with one attached hydrogen (secondary N) is 3. The van der Waals surface area contributed by atoms with E-state index >= 15 is 0 Å². The standard InChI is InChI=1S/C52H67FN10O5/c1-6-33-11-12-34(41(53)27-33)30-54-49(66)44-28-38(64)31-63(44)50(67)47(52(3,4)5)56-51(68)61-24-15-36(16-25-61)59-20-13-35(14-21-59)60-22-17-37(18-23-60)62-26-19-42-46(32(62)2)40-29-43(57-58-48(40)55-42)39-9-7-8-10-45(39)65/h1,7-12,27,29,32,35-38,44,47,64-65H,13-26,28,30-31H2,2-5H3,(H,54,66)(H,55,58)(H,56,68)/t32-,38+,44-,47+/m0/s1. The van der Waals surface area contributed by atoms with Crippen LogP contribution >= 0.6 is 0 Å². The van der Waals surface area contributed by atoms with Crippen molar-refractivity contribution in [2.45, 2.75) is 128 Å². The molecule has 7 heterocycles. The molecule has 2 aromatic heterocycles. The lowest BCUT2D eigenvalue weighted by molar-refractivity contribution is -0.142. The molecule has 4 amide bonds. The number of aromatic amines is 1. The van der Waals surface area contributed by atoms with E-state index in [0.717, 1.165) is 88.7 Å². The van der Waals surface area contributed by atoms with Gasteiger partial charge in [-0.05, 0) is 113 Å². The summed E-state index contributed by atoms with van der Waals surface area (Å²) in [4.78, 5) is 56.2. The number of para-hydroxylation sites is 1. The van der Waals surface area contributed by atoms with Crippen LogP contribution in [0.25, 0.3) is 22.3 Å². The maximum atomic E-state index is 14.6. The number of piperidine rings is 3. The summed E-state index contributed by atoms with van der Waals surface area (Å²) in [6.07, 6.45) is 11.7. The molecule has 0 saturated carbocycles. The van der Waals surface area contributed by atoms with Crippen molar-refractivity contribution in [1.29, 1.82) is 0 Å². The number of halogens is 1. The summed E-state index contributed by atoms with van der Waals surface area (Å²) in [5.41, 5.74) is 4.67. The topological polar surface area (TPSA) is 173 Å². The molecule has 0 bridgehead atoms. The molecule has 5 aliphatic heterocycles. The minimum absolute atomic E-state index is 0.0402. The normalized spacial score (nSPS) is 23.3. The van der Waals surface area contributed by atoms with Crippen LogP contribution in [0.2, 0.25) is 0 Å². The van der Waals surface area contributed by atoms with Crippen LogP contribution in [-0.2, 0) is 22.6 Å². The number of carbonyl (C=O) groups excluding carboxylic acids is 3. The van der Waals surface area contributed by atoms with Gasteiger partial charge in [0.25, 0.3) is 0 Å². The smallest absolute Gasteiger partial charge is 0.318 e. The van der Waals surface area contributed by atoms with Crippen molar-refractivity contribution in [1.82, 2.24) is 50.3 Å². The molecular formula is C52H67FN10O5. The quantitative estimate of drug-likeness (QED) is 0.141. The average Bonchev–Trinajstić information content (AvgIpc) is 3.93. The summed E-state index contributed by atoms with van der Waals surface area (Å²) in [6, 6.07) is 13.2. The highest BCUT2D eigenvalue weighted by Gasteiger charge is 2.45. The van der Waals surface area contributed by atoms with Crippen LogP contribution in [0.5, 0.6) is 5.75 Å². The first kappa shape index (κ1) is 47.5. The summed E-state index contributed by atoms with van der Waals surface area (Å²) in [6.45, 7) is 14.3. The SMILES string of the molecule is C#Cc1ccc(CNC(=O)[C@@H]2C[C@@H](O)CN2C(=O)[C@@H](NC(=O)N2CCC(N3CCC(N4CCC(N5CCc6[nH]c7nnc(-c8ccccc8O)cc7c6[C@@H]5C)CC4)CC3)CC2)C(C)(C)C)c(F)c1. The summed E-state index contributed by atoms with van der Waals surface area (Å²) in [5, 5.41) is 36.9. The number of terminal acetylenes is 1. The number of aromatic hydroxyl groups is 1. The van der Waals surface area contributed by atoms with Crippen molar-refractivity contribution >= 4 is 28.9 Å². The molecule has 4 aromatic rings. The molecule has 4 saturated heterocycles. The third-order valence-electron chi connectivity index (χ3n) is 15.6. The van der Waals surface area contributed by atoms with Gasteiger partial charge >= 0.3 is 6.03 Å². The number of aliphatic hydroxyl groups is 1. The van der Waals surface area contributed by atoms with Crippen molar-refractivity contribution < 1.29 is 29.0 Å². The first-order valence-electron chi connectivity index (χ1n) is 24.6. The lowest BCUT2D eigenvalue weighted by Gasteiger charge is -2.47. The van der Waals surface area contributed by atoms with E-state index in [9.17, 15) is 29.0 Å². The zero-order chi connectivity index (χ0) is 47.9. The van der Waals surface area contributed by atoms with Gasteiger partial charge in [0.15, 0.2) is 5.65 Å². The molecular weight excluding hydrogens is 864 g/mol. The monoisotopic (exact) mass is 931 g/mol. The number of aromatic nitrogens is 3. The fourth-order valence-corrected chi connectivity index (χ4v) is 11.7. The number of fused-ring (bicyclic) bond motifs is 3. The van der Waals surface area contributed by atoms with Crippen molar-refractivity contribution in [3.05, 3.63) is 76.7 Å². The number of carbonyl (C=O) groups is 3. The van der Waals surface area contributed by atoms with E-state index in [4.69, 9.17) is 6.42 Å². The van der Waals surface area contributed by atoms with Gasteiger partial charge in [-0.25, -0.2) is 9.18 Å². The molecule has 16 heteroatoms. The Balaban J connectivity index is 0.731. The Labute approximate surface area is 398 Å². The maximum absolute atomic E-state index is 14.6. The molecule has 5 aliphatic rings. The number of likely N-dealkylation sites (tertiary alicyclic amines) is 4. The molecule has 4 fully saturated rings. The van der Waals surface area contributed by atoms with Gasteiger partial charge in [0.2, 0.25) is 11.8 Å². The van der Waals surface area contributed by atoms with E-state index in [2.05, 4.69) is 59.4 Å². The van der Waals surface area contributed by atoms with Crippen LogP contribution in [-0.4, -0.2) is 156 Å². The summed E-state index contributed by atoms with van der Waals surface area (Å²) < 4.78 is 14.6. The molecule has 362 valence electrons. The van der Waals surface area contributed by atoms with Crippen molar-refractivity contribution in [2.75, 3.05) is 52.4 Å². The number of nitrogens with zero attached hydrogens (tertiary/aromatic N) is 7.